The smallest absolute Gasteiger partial charge is 0.220 e. The van der Waals surface area contributed by atoms with Gasteiger partial charge in [0.25, 0.3) is 0 Å². The van der Waals surface area contributed by atoms with Crippen molar-refractivity contribution in [1.82, 2.24) is 20.4 Å². The Kier molecular flexibility index (Phi) is 7.01. The summed E-state index contributed by atoms with van der Waals surface area (Å²) >= 11 is 0. The number of rotatable bonds is 9. The third-order valence-electron chi connectivity index (χ3n) is 3.57. The summed E-state index contributed by atoms with van der Waals surface area (Å²) in [4.78, 5) is 23.0. The van der Waals surface area contributed by atoms with Gasteiger partial charge in [-0.3, -0.25) is 9.59 Å². The molecule has 0 bridgehead atoms. The lowest BCUT2D eigenvalue weighted by Crippen LogP contribution is -2.26. The van der Waals surface area contributed by atoms with Crippen LogP contribution in [0.15, 0.2) is 42.7 Å². The van der Waals surface area contributed by atoms with E-state index in [-0.39, 0.29) is 11.8 Å². The van der Waals surface area contributed by atoms with Crippen LogP contribution in [0.25, 0.3) is 5.69 Å². The second-order valence-corrected chi connectivity index (χ2v) is 5.54. The van der Waals surface area contributed by atoms with Crippen LogP contribution in [0.5, 0.6) is 0 Å². The van der Waals surface area contributed by atoms with Gasteiger partial charge in [-0.15, -0.1) is 0 Å². The highest BCUT2D eigenvalue weighted by Gasteiger charge is 2.05. The molecule has 2 amide bonds. The van der Waals surface area contributed by atoms with Crippen molar-refractivity contribution in [2.24, 2.45) is 0 Å². The molecule has 0 aliphatic heterocycles. The van der Waals surface area contributed by atoms with Gasteiger partial charge in [0, 0.05) is 32.1 Å². The van der Waals surface area contributed by atoms with E-state index >= 15 is 0 Å². The fourth-order valence-corrected chi connectivity index (χ4v) is 2.34. The van der Waals surface area contributed by atoms with Crippen LogP contribution in [-0.2, 0) is 16.0 Å². The summed E-state index contributed by atoms with van der Waals surface area (Å²) in [6.45, 7) is 3.08. The zero-order valence-corrected chi connectivity index (χ0v) is 14.0. The number of para-hydroxylation sites is 1. The molecule has 0 aliphatic rings. The van der Waals surface area contributed by atoms with Crippen molar-refractivity contribution in [1.29, 1.82) is 0 Å². The lowest BCUT2D eigenvalue weighted by atomic mass is 10.2. The number of benzene rings is 1. The van der Waals surface area contributed by atoms with Crippen LogP contribution in [0.3, 0.4) is 0 Å². The number of hydrogen-bond acceptors (Lipinski definition) is 3. The zero-order valence-electron chi connectivity index (χ0n) is 14.0. The van der Waals surface area contributed by atoms with Gasteiger partial charge < -0.3 is 10.6 Å². The maximum atomic E-state index is 11.7. The SMILES string of the molecule is CCNC(=O)CCCC(=O)NCCc1cnn(-c2ccccc2)c1. The summed E-state index contributed by atoms with van der Waals surface area (Å²) < 4.78 is 1.82. The number of aromatic nitrogens is 2. The van der Waals surface area contributed by atoms with Crippen LogP contribution in [0, 0.1) is 0 Å². The van der Waals surface area contributed by atoms with Gasteiger partial charge in [-0.1, -0.05) is 18.2 Å². The first-order valence-electron chi connectivity index (χ1n) is 8.31. The number of amides is 2. The molecule has 0 atom stereocenters. The Bertz CT molecular complexity index is 652. The summed E-state index contributed by atoms with van der Waals surface area (Å²) in [5.74, 6) is -0.0200. The molecule has 6 heteroatoms. The van der Waals surface area contributed by atoms with Crippen LogP contribution in [0.2, 0.25) is 0 Å². The largest absolute Gasteiger partial charge is 0.356 e. The highest BCUT2D eigenvalue weighted by Crippen LogP contribution is 2.07. The second-order valence-electron chi connectivity index (χ2n) is 5.54. The Labute approximate surface area is 142 Å². The first kappa shape index (κ1) is 17.7. The number of nitrogens with one attached hydrogen (secondary N) is 2. The minimum atomic E-state index is -0.0188. The molecule has 2 N–H and O–H groups in total. The summed E-state index contributed by atoms with van der Waals surface area (Å²) in [6.07, 6.45) is 5.86. The summed E-state index contributed by atoms with van der Waals surface area (Å²) in [5, 5.41) is 9.93. The maximum absolute atomic E-state index is 11.7. The van der Waals surface area contributed by atoms with E-state index in [1.165, 1.54) is 0 Å². The fourth-order valence-electron chi connectivity index (χ4n) is 2.34. The quantitative estimate of drug-likeness (QED) is 0.737. The normalized spacial score (nSPS) is 10.4. The lowest BCUT2D eigenvalue weighted by Gasteiger charge is -2.04. The molecule has 0 radical (unpaired) electrons. The van der Waals surface area contributed by atoms with E-state index in [4.69, 9.17) is 0 Å². The third kappa shape index (κ3) is 5.87. The van der Waals surface area contributed by atoms with E-state index in [9.17, 15) is 9.59 Å². The van der Waals surface area contributed by atoms with Gasteiger partial charge in [-0.05, 0) is 37.5 Å². The van der Waals surface area contributed by atoms with Gasteiger partial charge >= 0.3 is 0 Å². The number of nitrogens with zero attached hydrogens (tertiary/aromatic N) is 2. The van der Waals surface area contributed by atoms with Gasteiger partial charge in [0.15, 0.2) is 0 Å². The average molecular weight is 328 g/mol. The Morgan fingerprint density at radius 1 is 1.08 bits per heavy atom. The topological polar surface area (TPSA) is 76.0 Å². The molecule has 6 nitrogen and oxygen atoms in total. The predicted molar refractivity (Wildman–Crippen MR) is 92.8 cm³/mol. The number of carbonyl (C=O) groups excluding carboxylic acids is 2. The van der Waals surface area contributed by atoms with Gasteiger partial charge in [0.1, 0.15) is 0 Å². The molecule has 0 fully saturated rings. The standard InChI is InChI=1S/C18H24N4O2/c1-2-19-17(23)9-6-10-18(24)20-12-11-15-13-21-22(14-15)16-7-4-3-5-8-16/h3-5,7-8,13-14H,2,6,9-12H2,1H3,(H,19,23)(H,20,24). The molecule has 0 aliphatic carbocycles. The van der Waals surface area contributed by atoms with E-state index in [0.29, 0.717) is 32.4 Å². The van der Waals surface area contributed by atoms with Crippen molar-refractivity contribution >= 4 is 11.8 Å². The van der Waals surface area contributed by atoms with Crippen molar-refractivity contribution in [2.45, 2.75) is 32.6 Å². The molecule has 0 saturated carbocycles. The molecule has 1 aromatic carbocycles. The van der Waals surface area contributed by atoms with E-state index in [2.05, 4.69) is 15.7 Å². The van der Waals surface area contributed by atoms with Gasteiger partial charge in [0.2, 0.25) is 11.8 Å². The van der Waals surface area contributed by atoms with Crippen molar-refractivity contribution < 1.29 is 9.59 Å². The van der Waals surface area contributed by atoms with E-state index in [0.717, 1.165) is 17.7 Å². The monoisotopic (exact) mass is 328 g/mol. The highest BCUT2D eigenvalue weighted by atomic mass is 16.2. The van der Waals surface area contributed by atoms with Crippen LogP contribution in [0.1, 0.15) is 31.7 Å². The molecule has 0 saturated heterocycles. The minimum Gasteiger partial charge on any atom is -0.356 e. The van der Waals surface area contributed by atoms with Crippen LogP contribution in [-0.4, -0.2) is 34.7 Å². The highest BCUT2D eigenvalue weighted by molar-refractivity contribution is 5.78. The molecule has 24 heavy (non-hydrogen) atoms. The van der Waals surface area contributed by atoms with Crippen molar-refractivity contribution in [3.05, 3.63) is 48.3 Å². The predicted octanol–water partition coefficient (Wildman–Crippen LogP) is 1.84. The molecule has 0 spiro atoms. The molecular weight excluding hydrogens is 304 g/mol. The van der Waals surface area contributed by atoms with Gasteiger partial charge in [-0.25, -0.2) is 4.68 Å². The van der Waals surface area contributed by atoms with Crippen LogP contribution in [0.4, 0.5) is 0 Å². The summed E-state index contributed by atoms with van der Waals surface area (Å²) in [5.41, 5.74) is 2.08. The van der Waals surface area contributed by atoms with Gasteiger partial charge in [0.05, 0.1) is 11.9 Å². The minimum absolute atomic E-state index is 0.00127. The molecule has 2 rings (SSSR count). The Hall–Kier alpha value is -2.63. The van der Waals surface area contributed by atoms with Crippen LogP contribution >= 0.6 is 0 Å². The van der Waals surface area contributed by atoms with E-state index in [1.807, 2.05) is 54.3 Å². The number of hydrogen-bond donors (Lipinski definition) is 2. The summed E-state index contributed by atoms with van der Waals surface area (Å²) in [7, 11) is 0. The van der Waals surface area contributed by atoms with E-state index < -0.39 is 0 Å². The maximum Gasteiger partial charge on any atom is 0.220 e. The Morgan fingerprint density at radius 2 is 1.79 bits per heavy atom. The van der Waals surface area contributed by atoms with Crippen LogP contribution < -0.4 is 10.6 Å². The Balaban J connectivity index is 1.66. The lowest BCUT2D eigenvalue weighted by molar-refractivity contribution is -0.122. The molecule has 128 valence electrons. The molecule has 2 aromatic rings. The van der Waals surface area contributed by atoms with E-state index in [1.54, 1.807) is 0 Å². The summed E-state index contributed by atoms with van der Waals surface area (Å²) in [6, 6.07) is 9.89. The first-order valence-corrected chi connectivity index (χ1v) is 8.31. The second kappa shape index (κ2) is 9.50. The Morgan fingerprint density at radius 3 is 2.50 bits per heavy atom. The zero-order chi connectivity index (χ0) is 17.2. The number of carbonyl (C=O) groups is 2. The van der Waals surface area contributed by atoms with Crippen molar-refractivity contribution in [2.75, 3.05) is 13.1 Å². The third-order valence-corrected chi connectivity index (χ3v) is 3.57. The fraction of sp³-hybridized carbons (Fsp3) is 0.389. The molecule has 1 aromatic heterocycles. The molecular formula is C18H24N4O2. The van der Waals surface area contributed by atoms with Crippen molar-refractivity contribution in [3.63, 3.8) is 0 Å². The average Bonchev–Trinajstić information content (AvgIpc) is 3.05. The van der Waals surface area contributed by atoms with Gasteiger partial charge in [-0.2, -0.15) is 5.10 Å². The molecule has 0 unspecified atom stereocenters. The molecule has 1 heterocycles. The van der Waals surface area contributed by atoms with Crippen molar-refractivity contribution in [3.8, 4) is 5.69 Å². The first-order chi connectivity index (χ1) is 11.7.